The van der Waals surface area contributed by atoms with Crippen molar-refractivity contribution in [1.82, 2.24) is 14.7 Å². The Bertz CT molecular complexity index is 664. The fourth-order valence-corrected chi connectivity index (χ4v) is 4.11. The Morgan fingerprint density at radius 2 is 1.70 bits per heavy atom. The first-order valence-corrected chi connectivity index (χ1v) is 10.2. The first-order chi connectivity index (χ1) is 14.3. The number of rotatable bonds is 3. The average Bonchev–Trinajstić information content (AvgIpc) is 3.03. The maximum Gasteiger partial charge on any atom is 0.290 e. The second-order valence-corrected chi connectivity index (χ2v) is 7.88. The van der Waals surface area contributed by atoms with Gasteiger partial charge in [-0.25, -0.2) is 0 Å². The summed E-state index contributed by atoms with van der Waals surface area (Å²) in [6.07, 6.45) is 2.22. The number of piperazine rings is 1. The molecule has 1 aromatic rings. The highest BCUT2D eigenvalue weighted by Crippen LogP contribution is 2.23. The van der Waals surface area contributed by atoms with Crippen LogP contribution in [-0.2, 0) is 9.59 Å². The standard InChI is InChI=1S/C19H31N3O2.2CH2O2/c1-14-12-20(4)9-10-22(14)13-17-5-7-21(8-6-17)19(23)18-11-15(2)24-16(18)3;2*2-1-3/h11,14,17H,5-10,12-13H2,1-4H3;2*1H,(H,2,3). The first-order valence-electron chi connectivity index (χ1n) is 10.2. The summed E-state index contributed by atoms with van der Waals surface area (Å²) in [4.78, 5) is 36.4. The number of aryl methyl sites for hydroxylation is 2. The molecule has 1 amide bonds. The molecule has 9 heteroatoms. The van der Waals surface area contributed by atoms with Crippen molar-refractivity contribution in [2.45, 2.75) is 39.7 Å². The summed E-state index contributed by atoms with van der Waals surface area (Å²) < 4.78 is 5.51. The Balaban J connectivity index is 0.000000672. The number of likely N-dealkylation sites (tertiary alicyclic amines) is 1. The molecule has 2 aliphatic heterocycles. The van der Waals surface area contributed by atoms with E-state index in [0.29, 0.717) is 12.0 Å². The van der Waals surface area contributed by atoms with E-state index in [1.165, 1.54) is 19.6 Å². The maximum atomic E-state index is 12.7. The van der Waals surface area contributed by atoms with Crippen LogP contribution in [0.2, 0.25) is 0 Å². The molecule has 1 unspecified atom stereocenters. The van der Waals surface area contributed by atoms with Crippen LogP contribution in [0.1, 0.15) is 41.6 Å². The van der Waals surface area contributed by atoms with Crippen molar-refractivity contribution in [2.75, 3.05) is 46.3 Å². The van der Waals surface area contributed by atoms with E-state index in [1.54, 1.807) is 0 Å². The molecule has 0 aliphatic carbocycles. The highest BCUT2D eigenvalue weighted by atomic mass is 16.4. The summed E-state index contributed by atoms with van der Waals surface area (Å²) >= 11 is 0. The van der Waals surface area contributed by atoms with Crippen LogP contribution in [0.15, 0.2) is 10.5 Å². The number of carboxylic acid groups (broad SMARTS) is 2. The predicted molar refractivity (Wildman–Crippen MR) is 113 cm³/mol. The molecule has 3 heterocycles. The number of hydrogen-bond acceptors (Lipinski definition) is 6. The quantitative estimate of drug-likeness (QED) is 0.705. The zero-order valence-electron chi connectivity index (χ0n) is 18.4. The Labute approximate surface area is 178 Å². The van der Waals surface area contributed by atoms with Gasteiger partial charge in [0.25, 0.3) is 18.9 Å². The molecule has 30 heavy (non-hydrogen) atoms. The van der Waals surface area contributed by atoms with Gasteiger partial charge in [-0.05, 0) is 52.6 Å². The van der Waals surface area contributed by atoms with E-state index in [2.05, 4.69) is 23.8 Å². The Morgan fingerprint density at radius 3 is 2.17 bits per heavy atom. The molecule has 170 valence electrons. The number of amides is 1. The molecule has 0 radical (unpaired) electrons. The molecule has 2 aliphatic rings. The van der Waals surface area contributed by atoms with Gasteiger partial charge in [-0.2, -0.15) is 0 Å². The molecule has 2 fully saturated rings. The van der Waals surface area contributed by atoms with E-state index in [4.69, 9.17) is 24.2 Å². The molecule has 2 saturated heterocycles. The number of carbonyl (C=O) groups is 3. The van der Waals surface area contributed by atoms with Crippen molar-refractivity contribution in [3.05, 3.63) is 23.2 Å². The molecular formula is C21H35N3O6. The minimum Gasteiger partial charge on any atom is -0.483 e. The third-order valence-corrected chi connectivity index (χ3v) is 5.63. The fourth-order valence-electron chi connectivity index (χ4n) is 4.11. The Kier molecular flexibility index (Phi) is 11.1. The maximum absolute atomic E-state index is 12.7. The predicted octanol–water partition coefficient (Wildman–Crippen LogP) is 1.79. The SMILES string of the molecule is Cc1cc(C(=O)N2CCC(CN3CCN(C)CC3C)CC2)c(C)o1.O=CO.O=CO. The normalized spacial score (nSPS) is 20.4. The van der Waals surface area contributed by atoms with Crippen LogP contribution < -0.4 is 0 Å². The van der Waals surface area contributed by atoms with Crippen LogP contribution in [0.25, 0.3) is 0 Å². The summed E-state index contributed by atoms with van der Waals surface area (Å²) in [6.45, 7) is 12.0. The van der Waals surface area contributed by atoms with Gasteiger partial charge in [0.15, 0.2) is 0 Å². The second-order valence-electron chi connectivity index (χ2n) is 7.88. The number of furan rings is 1. The molecule has 2 N–H and O–H groups in total. The smallest absolute Gasteiger partial charge is 0.290 e. The lowest BCUT2D eigenvalue weighted by Crippen LogP contribution is -2.52. The van der Waals surface area contributed by atoms with Crippen molar-refractivity contribution in [3.8, 4) is 0 Å². The van der Waals surface area contributed by atoms with Gasteiger partial charge in [-0.1, -0.05) is 0 Å². The minimum absolute atomic E-state index is 0.135. The lowest BCUT2D eigenvalue weighted by atomic mass is 9.94. The number of carbonyl (C=O) groups excluding carboxylic acids is 1. The van der Waals surface area contributed by atoms with Crippen LogP contribution >= 0.6 is 0 Å². The first kappa shape index (κ1) is 25.6. The third kappa shape index (κ3) is 7.79. The van der Waals surface area contributed by atoms with Gasteiger partial charge in [-0.15, -0.1) is 0 Å². The third-order valence-electron chi connectivity index (χ3n) is 5.63. The van der Waals surface area contributed by atoms with Gasteiger partial charge in [0.05, 0.1) is 5.56 Å². The fraction of sp³-hybridized carbons (Fsp3) is 0.667. The van der Waals surface area contributed by atoms with E-state index in [1.807, 2.05) is 24.8 Å². The monoisotopic (exact) mass is 425 g/mol. The minimum atomic E-state index is -0.250. The molecule has 1 aromatic heterocycles. The molecule has 1 atom stereocenters. The lowest BCUT2D eigenvalue weighted by Gasteiger charge is -2.41. The molecule has 0 spiro atoms. The highest BCUT2D eigenvalue weighted by molar-refractivity contribution is 5.95. The van der Waals surface area contributed by atoms with Crippen LogP contribution in [0.5, 0.6) is 0 Å². The highest BCUT2D eigenvalue weighted by Gasteiger charge is 2.29. The topological polar surface area (TPSA) is 115 Å². The van der Waals surface area contributed by atoms with Crippen LogP contribution in [0.4, 0.5) is 0 Å². The van der Waals surface area contributed by atoms with Gasteiger partial charge < -0.3 is 24.4 Å². The molecule has 3 rings (SSSR count). The number of hydrogen-bond donors (Lipinski definition) is 2. The van der Waals surface area contributed by atoms with E-state index in [9.17, 15) is 4.79 Å². The molecule has 0 bridgehead atoms. The van der Waals surface area contributed by atoms with Crippen molar-refractivity contribution in [3.63, 3.8) is 0 Å². The van der Waals surface area contributed by atoms with Crippen molar-refractivity contribution < 1.29 is 29.0 Å². The summed E-state index contributed by atoms with van der Waals surface area (Å²) in [5.74, 6) is 2.41. The zero-order valence-corrected chi connectivity index (χ0v) is 18.4. The summed E-state index contributed by atoms with van der Waals surface area (Å²) in [6, 6.07) is 2.51. The van der Waals surface area contributed by atoms with Gasteiger partial charge in [-0.3, -0.25) is 19.3 Å². The molecular weight excluding hydrogens is 390 g/mol. The van der Waals surface area contributed by atoms with E-state index >= 15 is 0 Å². The average molecular weight is 426 g/mol. The van der Waals surface area contributed by atoms with Crippen molar-refractivity contribution in [1.29, 1.82) is 0 Å². The Morgan fingerprint density at radius 1 is 1.13 bits per heavy atom. The van der Waals surface area contributed by atoms with E-state index in [0.717, 1.165) is 49.6 Å². The Hall–Kier alpha value is -2.39. The molecule has 0 saturated carbocycles. The largest absolute Gasteiger partial charge is 0.483 e. The van der Waals surface area contributed by atoms with Crippen LogP contribution in [0, 0.1) is 19.8 Å². The van der Waals surface area contributed by atoms with E-state index in [-0.39, 0.29) is 18.9 Å². The molecule has 9 nitrogen and oxygen atoms in total. The zero-order chi connectivity index (χ0) is 22.7. The van der Waals surface area contributed by atoms with Gasteiger partial charge in [0.2, 0.25) is 0 Å². The summed E-state index contributed by atoms with van der Waals surface area (Å²) in [5, 5.41) is 13.8. The van der Waals surface area contributed by atoms with Gasteiger partial charge in [0.1, 0.15) is 11.5 Å². The van der Waals surface area contributed by atoms with Crippen LogP contribution in [0.3, 0.4) is 0 Å². The lowest BCUT2D eigenvalue weighted by molar-refractivity contribution is -0.123. The van der Waals surface area contributed by atoms with Gasteiger partial charge in [0, 0.05) is 45.3 Å². The van der Waals surface area contributed by atoms with Crippen molar-refractivity contribution in [2.24, 2.45) is 5.92 Å². The second kappa shape index (κ2) is 13.0. The molecule has 0 aromatic carbocycles. The van der Waals surface area contributed by atoms with E-state index < -0.39 is 0 Å². The number of piperidine rings is 1. The summed E-state index contributed by atoms with van der Waals surface area (Å²) in [5.41, 5.74) is 0.735. The van der Waals surface area contributed by atoms with Gasteiger partial charge >= 0.3 is 0 Å². The van der Waals surface area contributed by atoms with Crippen molar-refractivity contribution >= 4 is 18.9 Å². The van der Waals surface area contributed by atoms with Crippen LogP contribution in [-0.4, -0.2) is 96.1 Å². The number of likely N-dealkylation sites (N-methyl/N-ethyl adjacent to an activating group) is 1. The number of nitrogens with zero attached hydrogens (tertiary/aromatic N) is 3. The summed E-state index contributed by atoms with van der Waals surface area (Å²) in [7, 11) is 2.21.